The zero-order valence-electron chi connectivity index (χ0n) is 11.7. The Bertz CT molecular complexity index is 534. The number of carbonyl (C=O) groups is 2. The number of carbonyl (C=O) groups excluding carboxylic acids is 1. The highest BCUT2D eigenvalue weighted by Gasteiger charge is 2.19. The molecule has 0 aliphatic heterocycles. The molecule has 6 nitrogen and oxygen atoms in total. The van der Waals surface area contributed by atoms with Gasteiger partial charge in [0.1, 0.15) is 5.56 Å². The lowest BCUT2D eigenvalue weighted by Gasteiger charge is -2.23. The largest absolute Gasteiger partial charge is 0.481 e. The number of rotatable bonds is 7. The van der Waals surface area contributed by atoms with Gasteiger partial charge in [0.15, 0.2) is 5.43 Å². The summed E-state index contributed by atoms with van der Waals surface area (Å²) in [6.07, 6.45) is 4.14. The van der Waals surface area contributed by atoms with E-state index in [0.29, 0.717) is 19.4 Å². The Labute approximate surface area is 117 Å². The summed E-state index contributed by atoms with van der Waals surface area (Å²) >= 11 is 0. The average molecular weight is 280 g/mol. The molecule has 3 N–H and O–H groups in total. The van der Waals surface area contributed by atoms with E-state index in [9.17, 15) is 14.4 Å². The van der Waals surface area contributed by atoms with E-state index in [1.165, 1.54) is 18.5 Å². The van der Waals surface area contributed by atoms with Gasteiger partial charge in [-0.05, 0) is 18.3 Å². The Morgan fingerprint density at radius 3 is 2.65 bits per heavy atom. The Hall–Kier alpha value is -2.11. The molecule has 0 aromatic carbocycles. The van der Waals surface area contributed by atoms with E-state index in [2.05, 4.69) is 10.3 Å². The lowest BCUT2D eigenvalue weighted by Crippen LogP contribution is -2.31. The highest BCUT2D eigenvalue weighted by molar-refractivity contribution is 5.93. The predicted molar refractivity (Wildman–Crippen MR) is 74.7 cm³/mol. The fourth-order valence-electron chi connectivity index (χ4n) is 1.77. The van der Waals surface area contributed by atoms with E-state index in [0.717, 1.165) is 0 Å². The van der Waals surface area contributed by atoms with Gasteiger partial charge in [0, 0.05) is 31.4 Å². The highest BCUT2D eigenvalue weighted by atomic mass is 16.4. The van der Waals surface area contributed by atoms with E-state index < -0.39 is 11.9 Å². The number of pyridine rings is 1. The molecular formula is C14H20N2O4. The Balaban J connectivity index is 2.44. The van der Waals surface area contributed by atoms with Crippen molar-refractivity contribution in [2.45, 2.75) is 33.1 Å². The molecule has 0 radical (unpaired) electrons. The molecular weight excluding hydrogens is 260 g/mol. The first-order valence-corrected chi connectivity index (χ1v) is 6.49. The second-order valence-electron chi connectivity index (χ2n) is 5.49. The number of hydrogen-bond donors (Lipinski definition) is 3. The van der Waals surface area contributed by atoms with Crippen molar-refractivity contribution in [3.63, 3.8) is 0 Å². The topological polar surface area (TPSA) is 99.3 Å². The molecule has 20 heavy (non-hydrogen) atoms. The highest BCUT2D eigenvalue weighted by Crippen LogP contribution is 2.25. The summed E-state index contributed by atoms with van der Waals surface area (Å²) in [5.74, 6) is -1.24. The molecule has 1 aromatic heterocycles. The van der Waals surface area contributed by atoms with Crippen LogP contribution in [-0.4, -0.2) is 28.5 Å². The van der Waals surface area contributed by atoms with E-state index in [4.69, 9.17) is 5.11 Å². The Morgan fingerprint density at radius 2 is 2.05 bits per heavy atom. The lowest BCUT2D eigenvalue weighted by atomic mass is 9.84. The normalized spacial score (nSPS) is 11.1. The fourth-order valence-corrected chi connectivity index (χ4v) is 1.77. The van der Waals surface area contributed by atoms with Crippen molar-refractivity contribution >= 4 is 11.9 Å². The second-order valence-corrected chi connectivity index (χ2v) is 5.49. The van der Waals surface area contributed by atoms with Crippen LogP contribution in [0.4, 0.5) is 0 Å². The Morgan fingerprint density at radius 1 is 1.35 bits per heavy atom. The van der Waals surface area contributed by atoms with Crippen LogP contribution in [-0.2, 0) is 4.79 Å². The third-order valence-corrected chi connectivity index (χ3v) is 3.17. The van der Waals surface area contributed by atoms with E-state index in [-0.39, 0.29) is 22.8 Å². The maximum Gasteiger partial charge on any atom is 0.303 e. The van der Waals surface area contributed by atoms with Crippen molar-refractivity contribution in [2.75, 3.05) is 6.54 Å². The molecule has 0 saturated carbocycles. The second kappa shape index (κ2) is 6.88. The van der Waals surface area contributed by atoms with Gasteiger partial charge in [-0.1, -0.05) is 13.8 Å². The van der Waals surface area contributed by atoms with Gasteiger partial charge < -0.3 is 15.4 Å². The third kappa shape index (κ3) is 5.26. The van der Waals surface area contributed by atoms with Gasteiger partial charge in [-0.15, -0.1) is 0 Å². The molecule has 0 atom stereocenters. The number of H-pyrrole nitrogens is 1. The maximum absolute atomic E-state index is 11.8. The summed E-state index contributed by atoms with van der Waals surface area (Å²) in [5.41, 5.74) is -0.420. The number of amides is 1. The first-order chi connectivity index (χ1) is 9.32. The maximum atomic E-state index is 11.8. The lowest BCUT2D eigenvalue weighted by molar-refractivity contribution is -0.137. The molecule has 0 bridgehead atoms. The monoisotopic (exact) mass is 280 g/mol. The summed E-state index contributed by atoms with van der Waals surface area (Å²) < 4.78 is 0. The minimum atomic E-state index is -0.821. The van der Waals surface area contributed by atoms with Crippen molar-refractivity contribution < 1.29 is 14.7 Å². The number of aliphatic carboxylic acids is 1. The number of aromatic amines is 1. The van der Waals surface area contributed by atoms with E-state index in [1.807, 2.05) is 13.8 Å². The molecule has 0 fully saturated rings. The van der Waals surface area contributed by atoms with Crippen molar-refractivity contribution in [3.05, 3.63) is 34.2 Å². The molecule has 0 aliphatic carbocycles. The first-order valence-electron chi connectivity index (χ1n) is 6.49. The van der Waals surface area contributed by atoms with Gasteiger partial charge in [0.25, 0.3) is 5.91 Å². The van der Waals surface area contributed by atoms with Gasteiger partial charge in [-0.3, -0.25) is 14.4 Å². The molecule has 1 heterocycles. The molecule has 0 saturated heterocycles. The average Bonchev–Trinajstić information content (AvgIpc) is 2.37. The van der Waals surface area contributed by atoms with Gasteiger partial charge in [-0.25, -0.2) is 0 Å². The SMILES string of the molecule is CC(C)(CCNC(=O)c1c[nH]ccc1=O)CCC(=O)O. The molecule has 110 valence electrons. The number of nitrogens with one attached hydrogen (secondary N) is 2. The van der Waals surface area contributed by atoms with Crippen molar-refractivity contribution in [2.24, 2.45) is 5.41 Å². The van der Waals surface area contributed by atoms with E-state index in [1.54, 1.807) is 0 Å². The van der Waals surface area contributed by atoms with Crippen molar-refractivity contribution in [3.8, 4) is 0 Å². The molecule has 6 heteroatoms. The van der Waals surface area contributed by atoms with Gasteiger partial charge in [0.2, 0.25) is 0 Å². The fraction of sp³-hybridized carbons (Fsp3) is 0.500. The molecule has 0 unspecified atom stereocenters. The van der Waals surface area contributed by atoms with Gasteiger partial charge in [-0.2, -0.15) is 0 Å². The Kier molecular flexibility index (Phi) is 5.49. The summed E-state index contributed by atoms with van der Waals surface area (Å²) in [7, 11) is 0. The van der Waals surface area contributed by atoms with Crippen LogP contribution in [0.3, 0.4) is 0 Å². The van der Waals surface area contributed by atoms with Crippen LogP contribution in [0.1, 0.15) is 43.5 Å². The van der Waals surface area contributed by atoms with Crippen molar-refractivity contribution in [1.82, 2.24) is 10.3 Å². The molecule has 1 amide bonds. The standard InChI is InChI=1S/C14H20N2O4/c1-14(2,5-3-12(18)19)6-8-16-13(20)10-9-15-7-4-11(10)17/h4,7,9H,3,5-6,8H2,1-2H3,(H,15,17)(H,16,20)(H,18,19). The van der Waals surface area contributed by atoms with Crippen LogP contribution >= 0.6 is 0 Å². The summed E-state index contributed by atoms with van der Waals surface area (Å²) in [6.45, 7) is 4.31. The van der Waals surface area contributed by atoms with Crippen LogP contribution in [0.2, 0.25) is 0 Å². The van der Waals surface area contributed by atoms with Crippen LogP contribution in [0.15, 0.2) is 23.3 Å². The zero-order valence-corrected chi connectivity index (χ0v) is 11.7. The number of carboxylic acids is 1. The summed E-state index contributed by atoms with van der Waals surface area (Å²) in [4.78, 5) is 36.5. The molecule has 0 spiro atoms. The first kappa shape index (κ1) is 15.9. The smallest absolute Gasteiger partial charge is 0.303 e. The van der Waals surface area contributed by atoms with Crippen molar-refractivity contribution in [1.29, 1.82) is 0 Å². The predicted octanol–water partition coefficient (Wildman–Crippen LogP) is 1.39. The third-order valence-electron chi connectivity index (χ3n) is 3.17. The quantitative estimate of drug-likeness (QED) is 0.702. The van der Waals surface area contributed by atoms with Crippen LogP contribution in [0.25, 0.3) is 0 Å². The zero-order chi connectivity index (χ0) is 15.2. The van der Waals surface area contributed by atoms with Gasteiger partial charge >= 0.3 is 5.97 Å². The molecule has 0 aliphatic rings. The van der Waals surface area contributed by atoms with Crippen LogP contribution in [0.5, 0.6) is 0 Å². The number of carboxylic acid groups (broad SMARTS) is 1. The van der Waals surface area contributed by atoms with E-state index >= 15 is 0 Å². The number of aromatic nitrogens is 1. The minimum Gasteiger partial charge on any atom is -0.481 e. The van der Waals surface area contributed by atoms with Crippen LogP contribution in [0, 0.1) is 5.41 Å². The van der Waals surface area contributed by atoms with Gasteiger partial charge in [0.05, 0.1) is 0 Å². The number of hydrogen-bond acceptors (Lipinski definition) is 3. The summed E-state index contributed by atoms with van der Waals surface area (Å²) in [6, 6.07) is 1.30. The molecule has 1 aromatic rings. The molecule has 1 rings (SSSR count). The summed E-state index contributed by atoms with van der Waals surface area (Å²) in [5, 5.41) is 11.3. The minimum absolute atomic E-state index is 0.0795. The van der Waals surface area contributed by atoms with Crippen LogP contribution < -0.4 is 10.7 Å².